The van der Waals surface area contributed by atoms with Gasteiger partial charge in [-0.1, -0.05) is 56.5 Å². The molecule has 1 aromatic carbocycles. The van der Waals surface area contributed by atoms with Crippen LogP contribution in [0.4, 0.5) is 0 Å². The molecular formula is C19H31N. The Bertz CT molecular complexity index is 427. The molecule has 112 valence electrons. The van der Waals surface area contributed by atoms with Crippen molar-refractivity contribution in [1.29, 1.82) is 0 Å². The molecule has 0 aliphatic heterocycles. The molecule has 0 amide bonds. The molecule has 2 unspecified atom stereocenters. The van der Waals surface area contributed by atoms with Crippen molar-refractivity contribution >= 4 is 0 Å². The molecule has 0 radical (unpaired) electrons. The molecule has 1 fully saturated rings. The van der Waals surface area contributed by atoms with Crippen molar-refractivity contribution in [2.24, 2.45) is 11.3 Å². The normalized spacial score (nSPS) is 22.9. The summed E-state index contributed by atoms with van der Waals surface area (Å²) in [5.41, 5.74) is 4.73. The molecule has 2 rings (SSSR count). The molecule has 1 aromatic rings. The van der Waals surface area contributed by atoms with Gasteiger partial charge in [0.1, 0.15) is 0 Å². The van der Waals surface area contributed by atoms with E-state index in [-0.39, 0.29) is 0 Å². The molecule has 1 aliphatic carbocycles. The third-order valence-corrected chi connectivity index (χ3v) is 4.96. The summed E-state index contributed by atoms with van der Waals surface area (Å²) in [4.78, 5) is 0. The third-order valence-electron chi connectivity index (χ3n) is 4.96. The highest BCUT2D eigenvalue weighted by atomic mass is 14.9. The van der Waals surface area contributed by atoms with E-state index in [0.29, 0.717) is 11.5 Å². The van der Waals surface area contributed by atoms with Gasteiger partial charge in [-0.2, -0.15) is 0 Å². The average Bonchev–Trinajstić information content (AvgIpc) is 2.69. The minimum Gasteiger partial charge on any atom is -0.310 e. The number of hydrogen-bond donors (Lipinski definition) is 1. The number of aryl methyl sites for hydroxylation is 2. The van der Waals surface area contributed by atoms with Gasteiger partial charge >= 0.3 is 0 Å². The predicted molar refractivity (Wildman–Crippen MR) is 88.1 cm³/mol. The van der Waals surface area contributed by atoms with Crippen LogP contribution in [0.3, 0.4) is 0 Å². The van der Waals surface area contributed by atoms with Crippen molar-refractivity contribution in [2.75, 3.05) is 6.54 Å². The van der Waals surface area contributed by atoms with Crippen molar-refractivity contribution in [3.05, 3.63) is 34.9 Å². The first-order chi connectivity index (χ1) is 9.44. The summed E-state index contributed by atoms with van der Waals surface area (Å²) in [6.07, 6.45) is 5.31. The van der Waals surface area contributed by atoms with Crippen LogP contribution in [-0.4, -0.2) is 6.54 Å². The highest BCUT2D eigenvalue weighted by molar-refractivity contribution is 5.31. The first-order valence-electron chi connectivity index (χ1n) is 8.25. The number of hydrogen-bond acceptors (Lipinski definition) is 1. The van der Waals surface area contributed by atoms with Crippen LogP contribution in [-0.2, 0) is 0 Å². The minimum atomic E-state index is 0.461. The van der Waals surface area contributed by atoms with E-state index in [1.165, 1.54) is 42.4 Å². The molecule has 1 N–H and O–H groups in total. The SMILES string of the molecule is CCCNC(c1cc(C)cc(C)c1)C1CCCC1(C)C. The van der Waals surface area contributed by atoms with Crippen molar-refractivity contribution < 1.29 is 0 Å². The second-order valence-electron chi connectivity index (χ2n) is 7.34. The van der Waals surface area contributed by atoms with Crippen LogP contribution < -0.4 is 5.32 Å². The lowest BCUT2D eigenvalue weighted by Crippen LogP contribution is -2.34. The largest absolute Gasteiger partial charge is 0.310 e. The summed E-state index contributed by atoms with van der Waals surface area (Å²) in [7, 11) is 0. The van der Waals surface area contributed by atoms with Gasteiger partial charge in [-0.3, -0.25) is 0 Å². The minimum absolute atomic E-state index is 0.461. The van der Waals surface area contributed by atoms with Gasteiger partial charge in [0.2, 0.25) is 0 Å². The average molecular weight is 273 g/mol. The first-order valence-corrected chi connectivity index (χ1v) is 8.25. The second-order valence-corrected chi connectivity index (χ2v) is 7.34. The van der Waals surface area contributed by atoms with Crippen LogP contribution in [0, 0.1) is 25.2 Å². The topological polar surface area (TPSA) is 12.0 Å². The van der Waals surface area contributed by atoms with Gasteiger partial charge in [-0.25, -0.2) is 0 Å². The fourth-order valence-corrected chi connectivity index (χ4v) is 3.95. The van der Waals surface area contributed by atoms with E-state index in [9.17, 15) is 0 Å². The molecule has 20 heavy (non-hydrogen) atoms. The molecule has 0 bridgehead atoms. The summed E-state index contributed by atoms with van der Waals surface area (Å²) in [6.45, 7) is 12.7. The summed E-state index contributed by atoms with van der Waals surface area (Å²) in [6, 6.07) is 7.56. The molecule has 1 heteroatoms. The molecule has 1 nitrogen and oxygen atoms in total. The lowest BCUT2D eigenvalue weighted by atomic mass is 9.75. The maximum atomic E-state index is 3.84. The molecule has 0 aromatic heterocycles. The zero-order chi connectivity index (χ0) is 14.8. The molecule has 0 saturated heterocycles. The fraction of sp³-hybridized carbons (Fsp3) is 0.684. The van der Waals surface area contributed by atoms with Crippen molar-refractivity contribution in [1.82, 2.24) is 5.32 Å². The highest BCUT2D eigenvalue weighted by Gasteiger charge is 2.39. The Labute approximate surface area is 125 Å². The standard InChI is InChI=1S/C19H31N/c1-6-10-20-18(17-8-7-9-19(17,4)5)16-12-14(2)11-15(3)13-16/h11-13,17-18,20H,6-10H2,1-5H3. The van der Waals surface area contributed by atoms with Crippen molar-refractivity contribution in [2.45, 2.75) is 66.3 Å². The van der Waals surface area contributed by atoms with Crippen molar-refractivity contribution in [3.63, 3.8) is 0 Å². The van der Waals surface area contributed by atoms with E-state index in [0.717, 1.165) is 12.5 Å². The lowest BCUT2D eigenvalue weighted by Gasteiger charge is -2.35. The van der Waals surface area contributed by atoms with Gasteiger partial charge in [0, 0.05) is 6.04 Å². The monoisotopic (exact) mass is 273 g/mol. The third kappa shape index (κ3) is 3.44. The Kier molecular flexibility index (Phi) is 4.90. The zero-order valence-electron chi connectivity index (χ0n) is 13.9. The second kappa shape index (κ2) is 6.30. The van der Waals surface area contributed by atoms with Crippen LogP contribution in [0.1, 0.15) is 69.2 Å². The summed E-state index contributed by atoms with van der Waals surface area (Å²) in [5.74, 6) is 0.759. The van der Waals surface area contributed by atoms with E-state index < -0.39 is 0 Å². The Balaban J connectivity index is 2.31. The summed E-state index contributed by atoms with van der Waals surface area (Å²) in [5, 5.41) is 3.84. The molecule has 1 aliphatic rings. The van der Waals surface area contributed by atoms with E-state index >= 15 is 0 Å². The first kappa shape index (κ1) is 15.6. The quantitative estimate of drug-likeness (QED) is 0.780. The van der Waals surface area contributed by atoms with Gasteiger partial charge in [0.25, 0.3) is 0 Å². The van der Waals surface area contributed by atoms with E-state index in [1.807, 2.05) is 0 Å². The molecule has 2 atom stereocenters. The maximum Gasteiger partial charge on any atom is 0.0353 e. The van der Waals surface area contributed by atoms with E-state index in [4.69, 9.17) is 0 Å². The Morgan fingerprint density at radius 3 is 2.35 bits per heavy atom. The zero-order valence-corrected chi connectivity index (χ0v) is 13.9. The van der Waals surface area contributed by atoms with Crippen LogP contribution in [0.5, 0.6) is 0 Å². The van der Waals surface area contributed by atoms with Crippen LogP contribution in [0.2, 0.25) is 0 Å². The van der Waals surface area contributed by atoms with Gasteiger partial charge in [0.05, 0.1) is 0 Å². The highest BCUT2D eigenvalue weighted by Crippen LogP contribution is 2.48. The predicted octanol–water partition coefficient (Wildman–Crippen LogP) is 5.17. The van der Waals surface area contributed by atoms with Crippen LogP contribution >= 0.6 is 0 Å². The Hall–Kier alpha value is -0.820. The number of nitrogens with one attached hydrogen (secondary N) is 1. The maximum absolute atomic E-state index is 3.84. The molecule has 0 heterocycles. The van der Waals surface area contributed by atoms with Crippen LogP contribution in [0.25, 0.3) is 0 Å². The van der Waals surface area contributed by atoms with Gasteiger partial charge in [-0.15, -0.1) is 0 Å². The summed E-state index contributed by atoms with van der Waals surface area (Å²) >= 11 is 0. The van der Waals surface area contributed by atoms with Crippen molar-refractivity contribution in [3.8, 4) is 0 Å². The molecule has 1 saturated carbocycles. The van der Waals surface area contributed by atoms with Crippen LogP contribution in [0.15, 0.2) is 18.2 Å². The Morgan fingerprint density at radius 2 is 1.85 bits per heavy atom. The van der Waals surface area contributed by atoms with Gasteiger partial charge in [0.15, 0.2) is 0 Å². The van der Waals surface area contributed by atoms with E-state index in [1.54, 1.807) is 0 Å². The van der Waals surface area contributed by atoms with E-state index in [2.05, 4.69) is 58.1 Å². The molecular weight excluding hydrogens is 242 g/mol. The fourth-order valence-electron chi connectivity index (χ4n) is 3.95. The number of benzene rings is 1. The summed E-state index contributed by atoms with van der Waals surface area (Å²) < 4.78 is 0. The Morgan fingerprint density at radius 1 is 1.20 bits per heavy atom. The smallest absolute Gasteiger partial charge is 0.0353 e. The van der Waals surface area contributed by atoms with Gasteiger partial charge < -0.3 is 5.32 Å². The molecule has 0 spiro atoms. The number of rotatable bonds is 5. The van der Waals surface area contributed by atoms with Gasteiger partial charge in [-0.05, 0) is 56.6 Å². The lowest BCUT2D eigenvalue weighted by molar-refractivity contribution is 0.197.